The van der Waals surface area contributed by atoms with Gasteiger partial charge in [0.2, 0.25) is 0 Å². The van der Waals surface area contributed by atoms with Crippen molar-refractivity contribution in [2.45, 2.75) is 18.9 Å². The number of nitrogens with two attached hydrogens (primary N) is 1. The predicted molar refractivity (Wildman–Crippen MR) is 104 cm³/mol. The van der Waals surface area contributed by atoms with Crippen LogP contribution >= 0.6 is 0 Å². The van der Waals surface area contributed by atoms with Crippen LogP contribution in [0.3, 0.4) is 0 Å². The molecule has 4 rings (SSSR count). The standard InChI is InChI=1S/C20H21FN4O3/c1-23-20(26)14-3-2-11(8-15(14)21)12-9-16-18(19(22)25-24-16)17(10-12)28-13-4-6-27-7-5-13/h2-3,8-10,13H,4-7H2,1H3,(H,23,26)(H3,22,24,25). The number of hydrogen-bond acceptors (Lipinski definition) is 5. The molecule has 1 aliphatic heterocycles. The number of aromatic amines is 1. The summed E-state index contributed by atoms with van der Waals surface area (Å²) in [6, 6.07) is 8.17. The van der Waals surface area contributed by atoms with E-state index in [1.54, 1.807) is 6.07 Å². The molecule has 8 heteroatoms. The summed E-state index contributed by atoms with van der Waals surface area (Å²) in [6.45, 7) is 1.31. The quantitative estimate of drug-likeness (QED) is 0.642. The lowest BCUT2D eigenvalue weighted by Crippen LogP contribution is -2.26. The van der Waals surface area contributed by atoms with Crippen molar-refractivity contribution in [3.63, 3.8) is 0 Å². The highest BCUT2D eigenvalue weighted by Gasteiger charge is 2.20. The lowest BCUT2D eigenvalue weighted by Gasteiger charge is -2.24. The van der Waals surface area contributed by atoms with Crippen LogP contribution in [-0.2, 0) is 4.74 Å². The van der Waals surface area contributed by atoms with Gasteiger partial charge in [0.25, 0.3) is 5.91 Å². The summed E-state index contributed by atoms with van der Waals surface area (Å²) >= 11 is 0. The van der Waals surface area contributed by atoms with E-state index < -0.39 is 11.7 Å². The highest BCUT2D eigenvalue weighted by molar-refractivity contribution is 5.98. The number of H-pyrrole nitrogens is 1. The third kappa shape index (κ3) is 3.38. The van der Waals surface area contributed by atoms with Crippen molar-refractivity contribution in [3.05, 3.63) is 41.7 Å². The molecule has 1 aromatic heterocycles. The number of aromatic nitrogens is 2. The molecule has 2 heterocycles. The average molecular weight is 384 g/mol. The number of carbonyl (C=O) groups excluding carboxylic acids is 1. The van der Waals surface area contributed by atoms with Crippen LogP contribution in [0.15, 0.2) is 30.3 Å². The second kappa shape index (κ2) is 7.47. The summed E-state index contributed by atoms with van der Waals surface area (Å²) in [7, 11) is 1.46. The van der Waals surface area contributed by atoms with Crippen molar-refractivity contribution >= 4 is 22.6 Å². The predicted octanol–water partition coefficient (Wildman–Crippen LogP) is 2.87. The van der Waals surface area contributed by atoms with E-state index in [2.05, 4.69) is 15.5 Å². The van der Waals surface area contributed by atoms with E-state index in [-0.39, 0.29) is 11.7 Å². The fourth-order valence-electron chi connectivity index (χ4n) is 3.39. The van der Waals surface area contributed by atoms with Crippen molar-refractivity contribution in [2.75, 3.05) is 26.0 Å². The van der Waals surface area contributed by atoms with Crippen LogP contribution in [0.25, 0.3) is 22.0 Å². The van der Waals surface area contributed by atoms with E-state index in [0.717, 1.165) is 18.4 Å². The molecule has 4 N–H and O–H groups in total. The van der Waals surface area contributed by atoms with E-state index in [0.29, 0.717) is 41.2 Å². The topological polar surface area (TPSA) is 102 Å². The van der Waals surface area contributed by atoms with Gasteiger partial charge in [0, 0.05) is 19.9 Å². The molecule has 1 fully saturated rings. The Morgan fingerprint density at radius 1 is 1.29 bits per heavy atom. The summed E-state index contributed by atoms with van der Waals surface area (Å²) in [5.41, 5.74) is 8.07. The molecule has 0 atom stereocenters. The Balaban J connectivity index is 1.75. The number of carbonyl (C=O) groups is 1. The zero-order chi connectivity index (χ0) is 19.7. The summed E-state index contributed by atoms with van der Waals surface area (Å²) in [4.78, 5) is 11.7. The lowest BCUT2D eigenvalue weighted by atomic mass is 10.0. The van der Waals surface area contributed by atoms with Crippen LogP contribution < -0.4 is 15.8 Å². The van der Waals surface area contributed by atoms with Crippen LogP contribution in [0.4, 0.5) is 10.2 Å². The van der Waals surface area contributed by atoms with Crippen LogP contribution in [0.1, 0.15) is 23.2 Å². The number of rotatable bonds is 4. The minimum absolute atomic E-state index is 0.00297. The SMILES string of the molecule is CNC(=O)c1ccc(-c2cc(OC3CCOCC3)c3c(N)n[nH]c3c2)cc1F. The van der Waals surface area contributed by atoms with Gasteiger partial charge in [-0.1, -0.05) is 6.07 Å². The van der Waals surface area contributed by atoms with Gasteiger partial charge in [-0.15, -0.1) is 0 Å². The van der Waals surface area contributed by atoms with Gasteiger partial charge in [0.1, 0.15) is 17.7 Å². The first-order chi connectivity index (χ1) is 13.6. The first-order valence-corrected chi connectivity index (χ1v) is 9.11. The number of fused-ring (bicyclic) bond motifs is 1. The Morgan fingerprint density at radius 2 is 2.07 bits per heavy atom. The minimum atomic E-state index is -0.590. The molecule has 1 saturated heterocycles. The van der Waals surface area contributed by atoms with Crippen LogP contribution in [0, 0.1) is 5.82 Å². The molecule has 0 spiro atoms. The van der Waals surface area contributed by atoms with Gasteiger partial charge < -0.3 is 20.5 Å². The zero-order valence-corrected chi connectivity index (χ0v) is 15.4. The van der Waals surface area contributed by atoms with Gasteiger partial charge in [0.15, 0.2) is 5.82 Å². The maximum atomic E-state index is 14.4. The molecule has 0 radical (unpaired) electrons. The number of nitrogens with one attached hydrogen (secondary N) is 2. The molecular weight excluding hydrogens is 363 g/mol. The number of nitrogens with zero attached hydrogens (tertiary/aromatic N) is 1. The minimum Gasteiger partial charge on any atom is -0.489 e. The number of halogens is 1. The number of anilines is 1. The first kappa shape index (κ1) is 18.2. The lowest BCUT2D eigenvalue weighted by molar-refractivity contribution is 0.0262. The molecule has 0 saturated carbocycles. The molecule has 0 aliphatic carbocycles. The third-order valence-corrected chi connectivity index (χ3v) is 4.89. The highest BCUT2D eigenvalue weighted by atomic mass is 19.1. The largest absolute Gasteiger partial charge is 0.489 e. The number of benzene rings is 2. The smallest absolute Gasteiger partial charge is 0.253 e. The molecule has 7 nitrogen and oxygen atoms in total. The molecule has 2 aromatic carbocycles. The van der Waals surface area contributed by atoms with Crippen molar-refractivity contribution in [1.29, 1.82) is 0 Å². The second-order valence-electron chi connectivity index (χ2n) is 6.71. The fourth-order valence-corrected chi connectivity index (χ4v) is 3.39. The molecule has 28 heavy (non-hydrogen) atoms. The van der Waals surface area contributed by atoms with Gasteiger partial charge in [-0.3, -0.25) is 9.89 Å². The van der Waals surface area contributed by atoms with Gasteiger partial charge in [-0.25, -0.2) is 4.39 Å². The Bertz CT molecular complexity index is 1030. The fraction of sp³-hybridized carbons (Fsp3) is 0.300. The van der Waals surface area contributed by atoms with E-state index in [4.69, 9.17) is 15.2 Å². The van der Waals surface area contributed by atoms with Crippen molar-refractivity contribution < 1.29 is 18.7 Å². The Morgan fingerprint density at radius 3 is 2.79 bits per heavy atom. The summed E-state index contributed by atoms with van der Waals surface area (Å²) in [6.07, 6.45) is 1.60. The summed E-state index contributed by atoms with van der Waals surface area (Å²) in [5, 5.41) is 10.1. The van der Waals surface area contributed by atoms with Crippen LogP contribution in [0.5, 0.6) is 5.75 Å². The van der Waals surface area contributed by atoms with Crippen LogP contribution in [0.2, 0.25) is 0 Å². The second-order valence-corrected chi connectivity index (χ2v) is 6.71. The van der Waals surface area contributed by atoms with Crippen molar-refractivity contribution in [3.8, 4) is 16.9 Å². The Hall–Kier alpha value is -3.13. The molecule has 1 amide bonds. The average Bonchev–Trinajstić information content (AvgIpc) is 3.09. The van der Waals surface area contributed by atoms with Gasteiger partial charge in [-0.05, 0) is 35.4 Å². The molecular formula is C20H21FN4O3. The van der Waals surface area contributed by atoms with Crippen LogP contribution in [-0.4, -0.2) is 42.5 Å². The van der Waals surface area contributed by atoms with E-state index in [1.807, 2.05) is 12.1 Å². The molecule has 1 aliphatic rings. The monoisotopic (exact) mass is 384 g/mol. The number of hydrogen-bond donors (Lipinski definition) is 3. The summed E-state index contributed by atoms with van der Waals surface area (Å²) in [5.74, 6) is -0.108. The number of amides is 1. The Labute approximate surface area is 161 Å². The highest BCUT2D eigenvalue weighted by Crippen LogP contribution is 2.36. The van der Waals surface area contributed by atoms with Gasteiger partial charge >= 0.3 is 0 Å². The van der Waals surface area contributed by atoms with E-state index >= 15 is 0 Å². The van der Waals surface area contributed by atoms with Gasteiger partial charge in [0.05, 0.1) is 29.7 Å². The molecule has 3 aromatic rings. The molecule has 0 unspecified atom stereocenters. The Kier molecular flexibility index (Phi) is 4.87. The van der Waals surface area contributed by atoms with Crippen molar-refractivity contribution in [1.82, 2.24) is 15.5 Å². The number of nitrogen functional groups attached to an aromatic ring is 1. The number of ether oxygens (including phenoxy) is 2. The molecule has 146 valence electrons. The zero-order valence-electron chi connectivity index (χ0n) is 15.4. The van der Waals surface area contributed by atoms with E-state index in [9.17, 15) is 9.18 Å². The third-order valence-electron chi connectivity index (χ3n) is 4.89. The maximum Gasteiger partial charge on any atom is 0.253 e. The van der Waals surface area contributed by atoms with Gasteiger partial charge in [-0.2, -0.15) is 5.10 Å². The summed E-state index contributed by atoms with van der Waals surface area (Å²) < 4.78 is 26.0. The maximum absolute atomic E-state index is 14.4. The van der Waals surface area contributed by atoms with Crippen molar-refractivity contribution in [2.24, 2.45) is 0 Å². The first-order valence-electron chi connectivity index (χ1n) is 9.11. The normalized spacial score (nSPS) is 14.9. The van der Waals surface area contributed by atoms with E-state index in [1.165, 1.54) is 19.2 Å². The molecule has 0 bridgehead atoms.